The largest absolute Gasteiger partial charge is 0.298 e. The highest BCUT2D eigenvalue weighted by Crippen LogP contribution is 2.26. The van der Waals surface area contributed by atoms with E-state index in [0.29, 0.717) is 33.1 Å². The lowest BCUT2D eigenvalue weighted by Gasteiger charge is -2.04. The van der Waals surface area contributed by atoms with E-state index in [2.05, 4.69) is 30.4 Å². The number of aromatic amines is 1. The van der Waals surface area contributed by atoms with Gasteiger partial charge in [0.1, 0.15) is 11.0 Å². The van der Waals surface area contributed by atoms with Crippen molar-refractivity contribution >= 4 is 49.1 Å². The summed E-state index contributed by atoms with van der Waals surface area (Å²) in [7, 11) is -3.32. The molecular formula is C17H14N6O3S2. The Hall–Kier alpha value is -3.31. The Balaban J connectivity index is 1.48. The van der Waals surface area contributed by atoms with Crippen LogP contribution in [0, 0.1) is 0 Å². The van der Waals surface area contributed by atoms with Crippen molar-refractivity contribution in [2.24, 2.45) is 0 Å². The van der Waals surface area contributed by atoms with Gasteiger partial charge >= 0.3 is 0 Å². The van der Waals surface area contributed by atoms with E-state index >= 15 is 0 Å². The second-order valence-corrected chi connectivity index (χ2v) is 8.58. The van der Waals surface area contributed by atoms with Gasteiger partial charge in [0.2, 0.25) is 10.0 Å². The summed E-state index contributed by atoms with van der Waals surface area (Å²) in [6.45, 7) is 0. The van der Waals surface area contributed by atoms with Crippen molar-refractivity contribution in [3.63, 3.8) is 0 Å². The molecule has 0 aliphatic rings. The molecule has 4 aromatic rings. The molecule has 1 amide bonds. The van der Waals surface area contributed by atoms with Crippen LogP contribution in [-0.4, -0.2) is 41.0 Å². The van der Waals surface area contributed by atoms with Crippen LogP contribution >= 0.6 is 11.3 Å². The zero-order chi connectivity index (χ0) is 19.7. The van der Waals surface area contributed by atoms with E-state index in [1.807, 2.05) is 5.38 Å². The van der Waals surface area contributed by atoms with Gasteiger partial charge in [-0.15, -0.1) is 11.3 Å². The van der Waals surface area contributed by atoms with Crippen molar-refractivity contribution in [3.05, 3.63) is 53.4 Å². The number of carbonyl (C=O) groups is 1. The summed E-state index contributed by atoms with van der Waals surface area (Å²) in [6.07, 6.45) is 1.09. The molecule has 9 nitrogen and oxygen atoms in total. The van der Waals surface area contributed by atoms with Crippen molar-refractivity contribution < 1.29 is 13.2 Å². The van der Waals surface area contributed by atoms with Crippen LogP contribution in [0.1, 0.15) is 10.4 Å². The topological polar surface area (TPSA) is 130 Å². The molecule has 3 N–H and O–H groups in total. The Morgan fingerprint density at radius 2 is 1.82 bits per heavy atom. The lowest BCUT2D eigenvalue weighted by molar-refractivity contribution is 0.102. The highest BCUT2D eigenvalue weighted by atomic mass is 32.2. The fourth-order valence-electron chi connectivity index (χ4n) is 2.54. The predicted molar refractivity (Wildman–Crippen MR) is 108 cm³/mol. The molecule has 0 bridgehead atoms. The summed E-state index contributed by atoms with van der Waals surface area (Å²) in [5.74, 6) is -0.293. The van der Waals surface area contributed by atoms with Gasteiger partial charge in [-0.05, 0) is 30.3 Å². The molecule has 0 spiro atoms. The summed E-state index contributed by atoms with van der Waals surface area (Å²) in [6, 6.07) is 11.9. The molecule has 0 radical (unpaired) electrons. The molecule has 0 saturated heterocycles. The predicted octanol–water partition coefficient (Wildman–Crippen LogP) is 2.71. The van der Waals surface area contributed by atoms with Crippen LogP contribution in [0.3, 0.4) is 0 Å². The SMILES string of the molecule is CS(=O)(=O)Nc1ccc(-c2csc(NC(=O)c3ccc4n[nH]nc4c3)n2)cc1. The van der Waals surface area contributed by atoms with Crippen molar-refractivity contribution in [3.8, 4) is 11.3 Å². The number of rotatable bonds is 5. The lowest BCUT2D eigenvalue weighted by atomic mass is 10.1. The highest BCUT2D eigenvalue weighted by molar-refractivity contribution is 7.92. The average molecular weight is 414 g/mol. The summed E-state index contributed by atoms with van der Waals surface area (Å²) < 4.78 is 24.9. The number of carbonyl (C=O) groups excluding carboxylic acids is 1. The Bertz CT molecular complexity index is 1260. The van der Waals surface area contributed by atoms with E-state index in [0.717, 1.165) is 11.8 Å². The van der Waals surface area contributed by atoms with E-state index in [1.165, 1.54) is 11.3 Å². The fraction of sp³-hybridized carbons (Fsp3) is 0.0588. The van der Waals surface area contributed by atoms with Crippen LogP contribution in [0.4, 0.5) is 10.8 Å². The maximum absolute atomic E-state index is 12.4. The summed E-state index contributed by atoms with van der Waals surface area (Å²) >= 11 is 1.30. The number of hydrogen-bond acceptors (Lipinski definition) is 7. The van der Waals surface area contributed by atoms with E-state index in [-0.39, 0.29) is 5.91 Å². The number of amides is 1. The van der Waals surface area contributed by atoms with E-state index in [1.54, 1.807) is 42.5 Å². The minimum atomic E-state index is -3.32. The third-order valence-electron chi connectivity index (χ3n) is 3.79. The van der Waals surface area contributed by atoms with Crippen LogP contribution in [0.5, 0.6) is 0 Å². The Morgan fingerprint density at radius 3 is 2.57 bits per heavy atom. The normalized spacial score (nSPS) is 11.5. The van der Waals surface area contributed by atoms with Crippen molar-refractivity contribution in [2.75, 3.05) is 16.3 Å². The maximum Gasteiger partial charge on any atom is 0.257 e. The van der Waals surface area contributed by atoms with Crippen LogP contribution < -0.4 is 10.0 Å². The second kappa shape index (κ2) is 7.02. The third-order valence-corrected chi connectivity index (χ3v) is 5.15. The fourth-order valence-corrected chi connectivity index (χ4v) is 3.82. The van der Waals surface area contributed by atoms with Gasteiger partial charge in [0, 0.05) is 22.2 Å². The summed E-state index contributed by atoms with van der Waals surface area (Å²) in [5, 5.41) is 15.5. The number of thiazole rings is 1. The maximum atomic E-state index is 12.4. The molecule has 0 aliphatic carbocycles. The molecule has 0 atom stereocenters. The number of sulfonamides is 1. The number of nitrogens with one attached hydrogen (secondary N) is 3. The molecule has 2 aromatic carbocycles. The number of aromatic nitrogens is 4. The first-order valence-electron chi connectivity index (χ1n) is 8.03. The minimum absolute atomic E-state index is 0.293. The van der Waals surface area contributed by atoms with Gasteiger partial charge in [-0.3, -0.25) is 14.8 Å². The van der Waals surface area contributed by atoms with E-state index in [9.17, 15) is 13.2 Å². The van der Waals surface area contributed by atoms with Gasteiger partial charge in [-0.1, -0.05) is 12.1 Å². The van der Waals surface area contributed by atoms with Crippen LogP contribution in [0.15, 0.2) is 47.8 Å². The van der Waals surface area contributed by atoms with Crippen LogP contribution in [0.25, 0.3) is 22.3 Å². The number of nitrogens with zero attached hydrogens (tertiary/aromatic N) is 3. The van der Waals surface area contributed by atoms with Crippen LogP contribution in [0.2, 0.25) is 0 Å². The molecule has 2 aromatic heterocycles. The number of H-pyrrole nitrogens is 1. The number of hydrogen-bond donors (Lipinski definition) is 3. The zero-order valence-corrected chi connectivity index (χ0v) is 16.1. The molecule has 2 heterocycles. The lowest BCUT2D eigenvalue weighted by Crippen LogP contribution is -2.11. The van der Waals surface area contributed by atoms with E-state index in [4.69, 9.17) is 0 Å². The first-order valence-corrected chi connectivity index (χ1v) is 10.8. The summed E-state index contributed by atoms with van der Waals surface area (Å²) in [4.78, 5) is 16.9. The van der Waals surface area contributed by atoms with Gasteiger partial charge in [-0.25, -0.2) is 13.4 Å². The first kappa shape index (κ1) is 18.1. The molecule has 4 rings (SSSR count). The highest BCUT2D eigenvalue weighted by Gasteiger charge is 2.12. The number of benzene rings is 2. The molecule has 0 fully saturated rings. The summed E-state index contributed by atoms with van der Waals surface area (Å²) in [5.41, 5.74) is 3.70. The van der Waals surface area contributed by atoms with Crippen molar-refractivity contribution in [2.45, 2.75) is 0 Å². The molecule has 11 heteroatoms. The second-order valence-electron chi connectivity index (χ2n) is 5.97. The van der Waals surface area contributed by atoms with Gasteiger partial charge < -0.3 is 0 Å². The molecule has 0 aliphatic heterocycles. The molecule has 28 heavy (non-hydrogen) atoms. The molecule has 0 unspecified atom stereocenters. The Morgan fingerprint density at radius 1 is 1.07 bits per heavy atom. The van der Waals surface area contributed by atoms with Gasteiger partial charge in [0.15, 0.2) is 5.13 Å². The quantitative estimate of drug-likeness (QED) is 0.460. The van der Waals surface area contributed by atoms with Crippen molar-refractivity contribution in [1.82, 2.24) is 20.4 Å². The van der Waals surface area contributed by atoms with Crippen molar-refractivity contribution in [1.29, 1.82) is 0 Å². The zero-order valence-electron chi connectivity index (χ0n) is 14.5. The average Bonchev–Trinajstić information content (AvgIpc) is 3.29. The van der Waals surface area contributed by atoms with Gasteiger partial charge in [-0.2, -0.15) is 15.4 Å². The minimum Gasteiger partial charge on any atom is -0.298 e. The smallest absolute Gasteiger partial charge is 0.257 e. The standard InChI is InChI=1S/C17H14N6O3S2/c1-28(25,26)22-12-5-2-10(3-6-12)15-9-27-17(18-15)19-16(24)11-4-7-13-14(8-11)21-23-20-13/h2-9,22H,1H3,(H,18,19,24)(H,20,21,23). The molecule has 0 saturated carbocycles. The third kappa shape index (κ3) is 4.00. The van der Waals surface area contributed by atoms with Crippen LogP contribution in [-0.2, 0) is 10.0 Å². The molecular weight excluding hydrogens is 400 g/mol. The monoisotopic (exact) mass is 414 g/mol. The van der Waals surface area contributed by atoms with Gasteiger partial charge in [0.05, 0.1) is 11.9 Å². The van der Waals surface area contributed by atoms with E-state index < -0.39 is 10.0 Å². The first-order chi connectivity index (χ1) is 13.4. The number of anilines is 2. The Kier molecular flexibility index (Phi) is 4.53. The Labute approximate surface area is 163 Å². The number of fused-ring (bicyclic) bond motifs is 1. The van der Waals surface area contributed by atoms with Gasteiger partial charge in [0.25, 0.3) is 5.91 Å². The molecule has 142 valence electrons.